The standard InChI is InChI=1S/C12H19N3O4S/c1-4-5-13-11(19)14-6-8(16)15-7(10(17)18)12(2,3)20-9(6)15/h6-7,9H,4-5H2,1-3H3,(H,17,18)(H2,13,14,19)/t6-,7-,9+/m0/s1. The van der Waals surface area contributed by atoms with Crippen LogP contribution < -0.4 is 10.6 Å². The summed E-state index contributed by atoms with van der Waals surface area (Å²) in [5.41, 5.74) is 0. The highest BCUT2D eigenvalue weighted by Crippen LogP contribution is 2.50. The Morgan fingerprint density at radius 2 is 2.10 bits per heavy atom. The molecule has 0 unspecified atom stereocenters. The van der Waals surface area contributed by atoms with E-state index in [4.69, 9.17) is 0 Å². The summed E-state index contributed by atoms with van der Waals surface area (Å²) in [5.74, 6) is -1.33. The number of fused-ring (bicyclic) bond motifs is 1. The highest BCUT2D eigenvalue weighted by molar-refractivity contribution is 8.01. The molecule has 0 bridgehead atoms. The maximum absolute atomic E-state index is 12.1. The number of carboxylic acid groups (broad SMARTS) is 1. The molecule has 7 nitrogen and oxygen atoms in total. The molecule has 2 fully saturated rings. The minimum Gasteiger partial charge on any atom is -0.480 e. The molecule has 3 N–H and O–H groups in total. The molecular formula is C12H19N3O4S. The Morgan fingerprint density at radius 1 is 1.45 bits per heavy atom. The average molecular weight is 301 g/mol. The number of carbonyl (C=O) groups excluding carboxylic acids is 2. The summed E-state index contributed by atoms with van der Waals surface area (Å²) in [7, 11) is 0. The normalized spacial score (nSPS) is 30.4. The number of aliphatic carboxylic acids is 1. The first-order chi connectivity index (χ1) is 9.29. The van der Waals surface area contributed by atoms with Gasteiger partial charge in [0.05, 0.1) is 0 Å². The summed E-state index contributed by atoms with van der Waals surface area (Å²) in [4.78, 5) is 36.3. The summed E-state index contributed by atoms with van der Waals surface area (Å²) in [6, 6.07) is -1.87. The van der Waals surface area contributed by atoms with E-state index in [0.717, 1.165) is 6.42 Å². The first kappa shape index (κ1) is 15.0. The van der Waals surface area contributed by atoms with Crippen molar-refractivity contribution in [2.24, 2.45) is 0 Å². The zero-order valence-corrected chi connectivity index (χ0v) is 12.5. The van der Waals surface area contributed by atoms with Crippen LogP contribution in [0.4, 0.5) is 4.79 Å². The molecule has 0 saturated carbocycles. The van der Waals surface area contributed by atoms with Gasteiger partial charge in [0.25, 0.3) is 0 Å². The van der Waals surface area contributed by atoms with E-state index in [2.05, 4.69) is 10.6 Å². The van der Waals surface area contributed by atoms with Crippen LogP contribution in [0, 0.1) is 0 Å². The van der Waals surface area contributed by atoms with Crippen LogP contribution in [0.1, 0.15) is 27.2 Å². The number of carbonyl (C=O) groups is 3. The lowest BCUT2D eigenvalue weighted by Crippen LogP contribution is -2.71. The van der Waals surface area contributed by atoms with E-state index in [1.165, 1.54) is 16.7 Å². The van der Waals surface area contributed by atoms with E-state index in [0.29, 0.717) is 6.54 Å². The quantitative estimate of drug-likeness (QED) is 0.645. The van der Waals surface area contributed by atoms with Crippen molar-refractivity contribution in [3.8, 4) is 0 Å². The van der Waals surface area contributed by atoms with Gasteiger partial charge in [-0.05, 0) is 20.3 Å². The molecule has 2 aliphatic rings. The predicted molar refractivity (Wildman–Crippen MR) is 74.3 cm³/mol. The number of hydrogen-bond acceptors (Lipinski definition) is 4. The second kappa shape index (κ2) is 5.16. The number of rotatable bonds is 4. The topological polar surface area (TPSA) is 98.7 Å². The summed E-state index contributed by atoms with van der Waals surface area (Å²) in [6.45, 7) is 6.08. The smallest absolute Gasteiger partial charge is 0.327 e. The molecule has 0 aromatic rings. The zero-order valence-electron chi connectivity index (χ0n) is 11.7. The van der Waals surface area contributed by atoms with Crippen molar-refractivity contribution >= 4 is 29.7 Å². The molecule has 0 aliphatic carbocycles. The van der Waals surface area contributed by atoms with Crippen molar-refractivity contribution in [2.45, 2.75) is 49.4 Å². The number of nitrogens with one attached hydrogen (secondary N) is 2. The fourth-order valence-corrected chi connectivity index (χ4v) is 4.20. The maximum atomic E-state index is 12.1. The van der Waals surface area contributed by atoms with E-state index in [9.17, 15) is 19.5 Å². The second-order valence-corrected chi connectivity index (χ2v) is 7.25. The Hall–Kier alpha value is -1.44. The average Bonchev–Trinajstić information content (AvgIpc) is 2.62. The number of nitrogens with zero attached hydrogens (tertiary/aromatic N) is 1. The molecule has 0 spiro atoms. The number of carboxylic acids is 1. The van der Waals surface area contributed by atoms with Crippen molar-refractivity contribution in [2.75, 3.05) is 6.54 Å². The molecule has 112 valence electrons. The lowest BCUT2D eigenvalue weighted by atomic mass is 9.96. The Bertz CT molecular complexity index is 454. The van der Waals surface area contributed by atoms with Crippen molar-refractivity contribution < 1.29 is 19.5 Å². The highest BCUT2D eigenvalue weighted by Gasteiger charge is 2.64. The Morgan fingerprint density at radius 3 is 2.65 bits per heavy atom. The summed E-state index contributed by atoms with van der Waals surface area (Å²) in [6.07, 6.45) is 0.810. The Labute approximate surface area is 121 Å². The molecule has 8 heteroatoms. The fourth-order valence-electron chi connectivity index (χ4n) is 2.58. The van der Waals surface area contributed by atoms with Gasteiger partial charge in [-0.1, -0.05) is 6.92 Å². The van der Waals surface area contributed by atoms with E-state index >= 15 is 0 Å². The molecular weight excluding hydrogens is 282 g/mol. The van der Waals surface area contributed by atoms with Gasteiger partial charge in [-0.3, -0.25) is 4.79 Å². The van der Waals surface area contributed by atoms with Crippen LogP contribution in [0.5, 0.6) is 0 Å². The number of amides is 3. The number of urea groups is 1. The highest BCUT2D eigenvalue weighted by atomic mass is 32.2. The molecule has 2 rings (SSSR count). The first-order valence-corrected chi connectivity index (χ1v) is 7.44. The van der Waals surface area contributed by atoms with E-state index in [1.54, 1.807) is 13.8 Å². The van der Waals surface area contributed by atoms with Gasteiger partial charge in [0, 0.05) is 11.3 Å². The summed E-state index contributed by atoms with van der Waals surface area (Å²) >= 11 is 1.41. The molecule has 3 atom stereocenters. The van der Waals surface area contributed by atoms with E-state index in [1.807, 2.05) is 6.92 Å². The predicted octanol–water partition coefficient (Wildman–Crippen LogP) is 0.211. The number of thioether (sulfide) groups is 1. The molecule has 0 aromatic carbocycles. The van der Waals surface area contributed by atoms with Gasteiger partial charge in [-0.2, -0.15) is 0 Å². The maximum Gasteiger partial charge on any atom is 0.327 e. The van der Waals surface area contributed by atoms with Crippen molar-refractivity contribution in [1.82, 2.24) is 15.5 Å². The molecule has 3 amide bonds. The fraction of sp³-hybridized carbons (Fsp3) is 0.750. The van der Waals surface area contributed by atoms with Crippen molar-refractivity contribution in [3.63, 3.8) is 0 Å². The van der Waals surface area contributed by atoms with Gasteiger partial charge in [-0.15, -0.1) is 11.8 Å². The largest absolute Gasteiger partial charge is 0.480 e. The van der Waals surface area contributed by atoms with Crippen LogP contribution in [-0.2, 0) is 9.59 Å². The first-order valence-electron chi connectivity index (χ1n) is 6.56. The lowest BCUT2D eigenvalue weighted by Gasteiger charge is -2.43. The summed E-state index contributed by atoms with van der Waals surface area (Å²) < 4.78 is -0.567. The molecule has 2 saturated heterocycles. The van der Waals surface area contributed by atoms with Crippen LogP contribution in [0.25, 0.3) is 0 Å². The third-order valence-corrected chi connectivity index (χ3v) is 5.07. The van der Waals surface area contributed by atoms with E-state index in [-0.39, 0.29) is 17.3 Å². The monoisotopic (exact) mass is 301 g/mol. The molecule has 0 radical (unpaired) electrons. The van der Waals surface area contributed by atoms with Crippen LogP contribution in [0.15, 0.2) is 0 Å². The SMILES string of the molecule is CCCNC(=O)N[C@H]1C(=O)N2[C@@H]1SC(C)(C)[C@@H]2C(=O)O. The van der Waals surface area contributed by atoms with Crippen molar-refractivity contribution in [3.05, 3.63) is 0 Å². The van der Waals surface area contributed by atoms with Gasteiger partial charge >= 0.3 is 12.0 Å². The minimum atomic E-state index is -1.01. The Kier molecular flexibility index (Phi) is 3.86. The molecule has 2 aliphatic heterocycles. The molecule has 2 heterocycles. The van der Waals surface area contributed by atoms with Gasteiger partial charge in [0.1, 0.15) is 17.5 Å². The van der Waals surface area contributed by atoms with Gasteiger partial charge in [0.15, 0.2) is 0 Å². The van der Waals surface area contributed by atoms with Gasteiger partial charge < -0.3 is 20.6 Å². The number of hydrogen-bond donors (Lipinski definition) is 3. The van der Waals surface area contributed by atoms with Crippen LogP contribution in [-0.4, -0.2) is 56.7 Å². The van der Waals surface area contributed by atoms with Crippen LogP contribution in [0.3, 0.4) is 0 Å². The van der Waals surface area contributed by atoms with Crippen LogP contribution >= 0.6 is 11.8 Å². The van der Waals surface area contributed by atoms with Crippen molar-refractivity contribution in [1.29, 1.82) is 0 Å². The lowest BCUT2D eigenvalue weighted by molar-refractivity contribution is -0.159. The van der Waals surface area contributed by atoms with E-state index < -0.39 is 22.8 Å². The minimum absolute atomic E-state index is 0.300. The Balaban J connectivity index is 2.03. The summed E-state index contributed by atoms with van der Waals surface area (Å²) in [5, 5.41) is 14.2. The number of β-lactam (4-membered cyclic amide) rings is 1. The zero-order chi connectivity index (χ0) is 15.1. The van der Waals surface area contributed by atoms with Crippen LogP contribution in [0.2, 0.25) is 0 Å². The molecule has 0 aromatic heterocycles. The second-order valence-electron chi connectivity index (χ2n) is 5.48. The van der Waals surface area contributed by atoms with Gasteiger partial charge in [-0.25, -0.2) is 9.59 Å². The molecule has 20 heavy (non-hydrogen) atoms. The third-order valence-electron chi connectivity index (χ3n) is 3.50. The third kappa shape index (κ3) is 2.32. The van der Waals surface area contributed by atoms with Gasteiger partial charge in [0.2, 0.25) is 5.91 Å².